The molecule has 0 aliphatic rings. The van der Waals surface area contributed by atoms with Gasteiger partial charge in [0.15, 0.2) is 0 Å². The molecule has 1 atom stereocenters. The van der Waals surface area contributed by atoms with Gasteiger partial charge < -0.3 is 19.1 Å². The van der Waals surface area contributed by atoms with E-state index < -0.39 is 18.4 Å². The van der Waals surface area contributed by atoms with Crippen molar-refractivity contribution >= 4 is 23.6 Å². The van der Waals surface area contributed by atoms with Crippen molar-refractivity contribution in [2.45, 2.75) is 12.5 Å². The maximum absolute atomic E-state index is 12.2. The molecule has 0 aliphatic carbocycles. The molecule has 0 saturated heterocycles. The molecule has 3 aromatic rings. The average molecular weight is 411 g/mol. The van der Waals surface area contributed by atoms with Gasteiger partial charge in [-0.25, -0.2) is 9.59 Å². The van der Waals surface area contributed by atoms with Crippen LogP contribution in [0.3, 0.4) is 0 Å². The molecule has 29 heavy (non-hydrogen) atoms. The van der Waals surface area contributed by atoms with E-state index in [-0.39, 0.29) is 0 Å². The molecule has 2 aromatic carbocycles. The Morgan fingerprint density at radius 3 is 2.10 bits per heavy atom. The highest BCUT2D eigenvalue weighted by atomic mass is 32.1. The lowest BCUT2D eigenvalue weighted by Gasteiger charge is -2.21. The summed E-state index contributed by atoms with van der Waals surface area (Å²) in [5.74, 6) is 0.882. The van der Waals surface area contributed by atoms with E-state index in [4.69, 9.17) is 14.2 Å². The zero-order valence-electron chi connectivity index (χ0n) is 15.9. The SMILES string of the molecule is CN(CC[C@H](OC(=O)Oc1ccccc1)c1cccs1)C(=O)Oc1ccccc1. The van der Waals surface area contributed by atoms with Gasteiger partial charge in [-0.2, -0.15) is 0 Å². The molecule has 7 heteroatoms. The van der Waals surface area contributed by atoms with Crippen LogP contribution >= 0.6 is 11.3 Å². The van der Waals surface area contributed by atoms with Gasteiger partial charge in [0.05, 0.1) is 0 Å². The molecule has 1 amide bonds. The molecule has 1 heterocycles. The highest BCUT2D eigenvalue weighted by Crippen LogP contribution is 2.27. The second kappa shape index (κ2) is 10.3. The van der Waals surface area contributed by atoms with Crippen molar-refractivity contribution in [1.82, 2.24) is 4.90 Å². The van der Waals surface area contributed by atoms with Gasteiger partial charge in [-0.15, -0.1) is 11.3 Å². The normalized spacial score (nSPS) is 11.3. The Balaban J connectivity index is 1.56. The van der Waals surface area contributed by atoms with Crippen LogP contribution in [0.5, 0.6) is 11.5 Å². The van der Waals surface area contributed by atoms with Gasteiger partial charge in [-0.1, -0.05) is 42.5 Å². The van der Waals surface area contributed by atoms with Gasteiger partial charge in [-0.3, -0.25) is 0 Å². The average Bonchev–Trinajstić information content (AvgIpc) is 3.27. The van der Waals surface area contributed by atoms with Gasteiger partial charge >= 0.3 is 12.2 Å². The molecular weight excluding hydrogens is 390 g/mol. The Hall–Kier alpha value is -3.32. The number of para-hydroxylation sites is 2. The molecule has 150 valence electrons. The first-order valence-corrected chi connectivity index (χ1v) is 9.94. The van der Waals surface area contributed by atoms with E-state index in [0.717, 1.165) is 4.88 Å². The van der Waals surface area contributed by atoms with Gasteiger partial charge in [0.25, 0.3) is 0 Å². The number of ether oxygens (including phenoxy) is 3. The summed E-state index contributed by atoms with van der Waals surface area (Å²) < 4.78 is 16.0. The molecular formula is C22H21NO5S. The highest BCUT2D eigenvalue weighted by molar-refractivity contribution is 7.10. The monoisotopic (exact) mass is 411 g/mol. The van der Waals surface area contributed by atoms with Gasteiger partial charge in [0.2, 0.25) is 0 Å². The fourth-order valence-electron chi connectivity index (χ4n) is 2.53. The van der Waals surface area contributed by atoms with Crippen LogP contribution < -0.4 is 9.47 Å². The quantitative estimate of drug-likeness (QED) is 0.378. The summed E-state index contributed by atoms with van der Waals surface area (Å²) in [7, 11) is 1.64. The summed E-state index contributed by atoms with van der Waals surface area (Å²) in [5, 5.41) is 1.90. The summed E-state index contributed by atoms with van der Waals surface area (Å²) in [6.45, 7) is 0.340. The Morgan fingerprint density at radius 2 is 1.52 bits per heavy atom. The van der Waals surface area contributed by atoms with E-state index in [9.17, 15) is 9.59 Å². The topological polar surface area (TPSA) is 65.1 Å². The predicted octanol–water partition coefficient (Wildman–Crippen LogP) is 5.53. The van der Waals surface area contributed by atoms with Crippen molar-refractivity contribution in [2.24, 2.45) is 0 Å². The van der Waals surface area contributed by atoms with Crippen molar-refractivity contribution in [3.05, 3.63) is 83.1 Å². The molecule has 0 aliphatic heterocycles. The van der Waals surface area contributed by atoms with Crippen LogP contribution in [-0.4, -0.2) is 30.7 Å². The minimum absolute atomic E-state index is 0.340. The number of nitrogens with zero attached hydrogens (tertiary/aromatic N) is 1. The Kier molecular flexibility index (Phi) is 7.24. The number of hydrogen-bond acceptors (Lipinski definition) is 6. The second-order valence-corrected chi connectivity index (χ2v) is 7.16. The first-order chi connectivity index (χ1) is 14.1. The molecule has 3 rings (SSSR count). The molecule has 0 unspecified atom stereocenters. The van der Waals surface area contributed by atoms with E-state index in [2.05, 4.69) is 0 Å². The fraction of sp³-hybridized carbons (Fsp3) is 0.182. The first kappa shape index (κ1) is 20.4. The third-order valence-electron chi connectivity index (χ3n) is 4.03. The van der Waals surface area contributed by atoms with E-state index in [1.54, 1.807) is 55.6 Å². The van der Waals surface area contributed by atoms with Crippen LogP contribution in [0.2, 0.25) is 0 Å². The Bertz CT molecular complexity index is 899. The molecule has 0 N–H and O–H groups in total. The van der Waals surface area contributed by atoms with E-state index in [0.29, 0.717) is 24.5 Å². The smallest absolute Gasteiger partial charge is 0.425 e. The minimum Gasteiger partial charge on any atom is -0.425 e. The van der Waals surface area contributed by atoms with Gasteiger partial charge in [0.1, 0.15) is 17.6 Å². The standard InChI is InChI=1S/C22H21NO5S/c1-23(21(24)26-17-9-4-2-5-10-17)15-14-19(20-13-8-16-29-20)28-22(25)27-18-11-6-3-7-12-18/h2-13,16,19H,14-15H2,1H3/t19-/m0/s1. The number of amides is 1. The zero-order valence-corrected chi connectivity index (χ0v) is 16.7. The Morgan fingerprint density at radius 1 is 0.897 bits per heavy atom. The fourth-order valence-corrected chi connectivity index (χ4v) is 3.32. The van der Waals surface area contributed by atoms with Crippen molar-refractivity contribution in [3.8, 4) is 11.5 Å². The highest BCUT2D eigenvalue weighted by Gasteiger charge is 2.21. The molecule has 0 fully saturated rings. The lowest BCUT2D eigenvalue weighted by molar-refractivity contribution is 0.0519. The van der Waals surface area contributed by atoms with E-state index >= 15 is 0 Å². The predicted molar refractivity (Wildman–Crippen MR) is 110 cm³/mol. The van der Waals surface area contributed by atoms with E-state index in [1.165, 1.54) is 16.2 Å². The molecule has 0 spiro atoms. The summed E-state index contributed by atoms with van der Waals surface area (Å²) in [5.41, 5.74) is 0. The lowest BCUT2D eigenvalue weighted by atomic mass is 10.2. The second-order valence-electron chi connectivity index (χ2n) is 6.18. The summed E-state index contributed by atoms with van der Waals surface area (Å²) in [6.07, 6.45) is -1.39. The van der Waals surface area contributed by atoms with E-state index in [1.807, 2.05) is 29.6 Å². The van der Waals surface area contributed by atoms with Crippen molar-refractivity contribution in [2.75, 3.05) is 13.6 Å². The maximum atomic E-state index is 12.2. The summed E-state index contributed by atoms with van der Waals surface area (Å²) in [6, 6.07) is 21.3. The van der Waals surface area contributed by atoms with Crippen molar-refractivity contribution < 1.29 is 23.8 Å². The molecule has 6 nitrogen and oxygen atoms in total. The number of hydrogen-bond donors (Lipinski definition) is 0. The molecule has 0 radical (unpaired) electrons. The minimum atomic E-state index is -0.788. The van der Waals surface area contributed by atoms with Crippen LogP contribution in [0, 0.1) is 0 Å². The molecule has 0 saturated carbocycles. The lowest BCUT2D eigenvalue weighted by Crippen LogP contribution is -2.31. The van der Waals surface area contributed by atoms with Crippen LogP contribution in [0.25, 0.3) is 0 Å². The largest absolute Gasteiger partial charge is 0.514 e. The third kappa shape index (κ3) is 6.36. The zero-order chi connectivity index (χ0) is 20.5. The Labute approximate surface area is 173 Å². The number of carbonyl (C=O) groups is 2. The van der Waals surface area contributed by atoms with Crippen molar-refractivity contribution in [1.29, 1.82) is 0 Å². The van der Waals surface area contributed by atoms with Crippen LogP contribution in [-0.2, 0) is 4.74 Å². The van der Waals surface area contributed by atoms with Crippen molar-refractivity contribution in [3.63, 3.8) is 0 Å². The molecule has 1 aromatic heterocycles. The van der Waals surface area contributed by atoms with Gasteiger partial charge in [0, 0.05) is 24.9 Å². The summed E-state index contributed by atoms with van der Waals surface area (Å²) >= 11 is 1.47. The summed E-state index contributed by atoms with van der Waals surface area (Å²) in [4.78, 5) is 26.8. The first-order valence-electron chi connectivity index (χ1n) is 9.07. The number of carbonyl (C=O) groups excluding carboxylic acids is 2. The van der Waals surface area contributed by atoms with Crippen LogP contribution in [0.1, 0.15) is 17.4 Å². The van der Waals surface area contributed by atoms with Crippen LogP contribution in [0.15, 0.2) is 78.2 Å². The molecule has 0 bridgehead atoms. The van der Waals surface area contributed by atoms with Gasteiger partial charge in [-0.05, 0) is 35.7 Å². The number of benzene rings is 2. The van der Waals surface area contributed by atoms with Crippen LogP contribution in [0.4, 0.5) is 9.59 Å². The number of rotatable bonds is 7. The maximum Gasteiger partial charge on any atom is 0.514 e. The third-order valence-corrected chi connectivity index (χ3v) is 4.99. The number of thiophene rings is 1.